The van der Waals surface area contributed by atoms with Crippen molar-refractivity contribution in [1.82, 2.24) is 0 Å². The second kappa shape index (κ2) is 7.22. The molecule has 2 aliphatic rings. The maximum Gasteiger partial charge on any atom is 0.0876 e. The van der Waals surface area contributed by atoms with Crippen LogP contribution in [0, 0.1) is 5.41 Å². The van der Waals surface area contributed by atoms with Crippen LogP contribution in [-0.2, 0) is 14.2 Å². The van der Waals surface area contributed by atoms with Crippen LogP contribution >= 0.6 is 0 Å². The van der Waals surface area contributed by atoms with Gasteiger partial charge in [0.25, 0.3) is 0 Å². The van der Waals surface area contributed by atoms with E-state index < -0.39 is 0 Å². The Morgan fingerprint density at radius 3 is 2.63 bits per heavy atom. The molecular formula is C16H26O3. The Morgan fingerprint density at radius 2 is 1.79 bits per heavy atom. The van der Waals surface area contributed by atoms with Crippen molar-refractivity contribution < 1.29 is 14.2 Å². The van der Waals surface area contributed by atoms with Crippen molar-refractivity contribution in [2.24, 2.45) is 5.41 Å². The van der Waals surface area contributed by atoms with Gasteiger partial charge in [-0.25, -0.2) is 0 Å². The molecule has 1 atom stereocenters. The van der Waals surface area contributed by atoms with Gasteiger partial charge in [0.2, 0.25) is 0 Å². The van der Waals surface area contributed by atoms with E-state index in [2.05, 4.69) is 32.1 Å². The minimum Gasteiger partial charge on any atom is -0.379 e. The molecule has 0 saturated heterocycles. The number of hydrogen-bond donors (Lipinski definition) is 0. The third-order valence-corrected chi connectivity index (χ3v) is 3.73. The van der Waals surface area contributed by atoms with Gasteiger partial charge in [0, 0.05) is 6.61 Å². The average molecular weight is 266 g/mol. The van der Waals surface area contributed by atoms with Gasteiger partial charge in [-0.3, -0.25) is 0 Å². The van der Waals surface area contributed by atoms with Crippen molar-refractivity contribution in [3.63, 3.8) is 0 Å². The lowest BCUT2D eigenvalue weighted by Gasteiger charge is -2.29. The number of allylic oxidation sites excluding steroid dienone is 2. The average Bonchev–Trinajstić information content (AvgIpc) is 2.66. The van der Waals surface area contributed by atoms with Crippen LogP contribution in [0.25, 0.3) is 0 Å². The largest absolute Gasteiger partial charge is 0.379 e. The summed E-state index contributed by atoms with van der Waals surface area (Å²) in [4.78, 5) is 0. The highest BCUT2D eigenvalue weighted by molar-refractivity contribution is 5.30. The van der Waals surface area contributed by atoms with E-state index in [9.17, 15) is 0 Å². The van der Waals surface area contributed by atoms with Crippen molar-refractivity contribution in [3.05, 3.63) is 23.8 Å². The molecular weight excluding hydrogens is 240 g/mol. The monoisotopic (exact) mass is 266 g/mol. The van der Waals surface area contributed by atoms with Crippen LogP contribution in [0.4, 0.5) is 0 Å². The molecule has 2 rings (SSSR count). The third kappa shape index (κ3) is 4.44. The summed E-state index contributed by atoms with van der Waals surface area (Å²) in [6.45, 7) is 8.00. The molecule has 0 fully saturated rings. The minimum absolute atomic E-state index is 0.194. The van der Waals surface area contributed by atoms with E-state index in [-0.39, 0.29) is 11.5 Å². The smallest absolute Gasteiger partial charge is 0.0876 e. The Kier molecular flexibility index (Phi) is 5.61. The third-order valence-electron chi connectivity index (χ3n) is 3.73. The Morgan fingerprint density at radius 1 is 1.05 bits per heavy atom. The molecule has 3 heteroatoms. The first-order valence-electron chi connectivity index (χ1n) is 7.34. The quantitative estimate of drug-likeness (QED) is 0.674. The van der Waals surface area contributed by atoms with Crippen LogP contribution in [0.5, 0.6) is 0 Å². The second-order valence-corrected chi connectivity index (χ2v) is 5.92. The molecule has 108 valence electrons. The molecule has 19 heavy (non-hydrogen) atoms. The van der Waals surface area contributed by atoms with Crippen molar-refractivity contribution >= 4 is 0 Å². The fraction of sp³-hybridized carbons (Fsp3) is 0.750. The first-order valence-corrected chi connectivity index (χ1v) is 7.34. The second-order valence-electron chi connectivity index (χ2n) is 5.92. The van der Waals surface area contributed by atoms with Gasteiger partial charge in [-0.1, -0.05) is 32.1 Å². The molecule has 1 heterocycles. The van der Waals surface area contributed by atoms with Crippen LogP contribution in [0.2, 0.25) is 0 Å². The molecule has 1 aliphatic carbocycles. The lowest BCUT2D eigenvalue weighted by molar-refractivity contribution is -0.0303. The van der Waals surface area contributed by atoms with Gasteiger partial charge < -0.3 is 14.2 Å². The SMILES string of the molecule is CC1(C)CC=C2/C=C/CCCOCCOCCOC21. The van der Waals surface area contributed by atoms with Gasteiger partial charge in [-0.05, 0) is 30.3 Å². The predicted molar refractivity (Wildman–Crippen MR) is 76.2 cm³/mol. The van der Waals surface area contributed by atoms with Crippen LogP contribution in [-0.4, -0.2) is 39.1 Å². The molecule has 3 nitrogen and oxygen atoms in total. The Hall–Kier alpha value is -0.640. The van der Waals surface area contributed by atoms with Gasteiger partial charge in [0.15, 0.2) is 0 Å². The topological polar surface area (TPSA) is 27.7 Å². The molecule has 0 N–H and O–H groups in total. The summed E-state index contributed by atoms with van der Waals surface area (Å²) in [6.07, 6.45) is 10.2. The molecule has 0 spiro atoms. The van der Waals surface area contributed by atoms with Gasteiger partial charge in [0.05, 0.1) is 32.5 Å². The number of fused-ring (bicyclic) bond motifs is 1. The van der Waals surface area contributed by atoms with Crippen molar-refractivity contribution in [2.45, 2.75) is 39.2 Å². The zero-order chi connectivity index (χ0) is 13.6. The molecule has 0 radical (unpaired) electrons. The van der Waals surface area contributed by atoms with Crippen LogP contribution in [0.3, 0.4) is 0 Å². The first kappa shape index (κ1) is 14.8. The molecule has 0 aromatic carbocycles. The Labute approximate surface area is 116 Å². The van der Waals surface area contributed by atoms with E-state index in [1.165, 1.54) is 5.57 Å². The lowest BCUT2D eigenvalue weighted by atomic mass is 9.86. The molecule has 1 unspecified atom stereocenters. The molecule has 1 aliphatic heterocycles. The zero-order valence-corrected chi connectivity index (χ0v) is 12.2. The van der Waals surface area contributed by atoms with Gasteiger partial charge >= 0.3 is 0 Å². The van der Waals surface area contributed by atoms with Gasteiger partial charge in [0.1, 0.15) is 0 Å². The van der Waals surface area contributed by atoms with E-state index in [4.69, 9.17) is 14.2 Å². The Balaban J connectivity index is 1.96. The fourth-order valence-corrected chi connectivity index (χ4v) is 2.59. The maximum absolute atomic E-state index is 6.04. The molecule has 0 aromatic rings. The van der Waals surface area contributed by atoms with E-state index in [0.717, 1.165) is 25.9 Å². The molecule has 0 saturated carbocycles. The van der Waals surface area contributed by atoms with Crippen LogP contribution in [0.15, 0.2) is 23.8 Å². The number of ether oxygens (including phenoxy) is 3. The number of rotatable bonds is 0. The van der Waals surface area contributed by atoms with E-state index in [0.29, 0.717) is 26.4 Å². The molecule has 0 amide bonds. The highest BCUT2D eigenvalue weighted by Crippen LogP contribution is 2.39. The fourth-order valence-electron chi connectivity index (χ4n) is 2.59. The highest BCUT2D eigenvalue weighted by atomic mass is 16.5. The summed E-state index contributed by atoms with van der Waals surface area (Å²) in [5.41, 5.74) is 1.52. The first-order chi connectivity index (χ1) is 9.20. The number of hydrogen-bond acceptors (Lipinski definition) is 3. The van der Waals surface area contributed by atoms with Crippen LogP contribution < -0.4 is 0 Å². The lowest BCUT2D eigenvalue weighted by Crippen LogP contribution is -2.30. The van der Waals surface area contributed by atoms with Crippen LogP contribution in [0.1, 0.15) is 33.1 Å². The minimum atomic E-state index is 0.194. The summed E-state index contributed by atoms with van der Waals surface area (Å²) in [7, 11) is 0. The van der Waals surface area contributed by atoms with E-state index in [1.54, 1.807) is 0 Å². The maximum atomic E-state index is 6.04. The van der Waals surface area contributed by atoms with Crippen molar-refractivity contribution in [2.75, 3.05) is 33.0 Å². The highest BCUT2D eigenvalue weighted by Gasteiger charge is 2.36. The van der Waals surface area contributed by atoms with E-state index in [1.807, 2.05) is 0 Å². The van der Waals surface area contributed by atoms with Gasteiger partial charge in [-0.15, -0.1) is 0 Å². The van der Waals surface area contributed by atoms with Crippen molar-refractivity contribution in [1.29, 1.82) is 0 Å². The zero-order valence-electron chi connectivity index (χ0n) is 12.2. The summed E-state index contributed by atoms with van der Waals surface area (Å²) in [5.74, 6) is 0. The van der Waals surface area contributed by atoms with Crippen molar-refractivity contribution in [3.8, 4) is 0 Å². The summed E-state index contributed by atoms with van der Waals surface area (Å²) < 4.78 is 17.0. The standard InChI is InChI=1S/C16H26O3/c1-16(2)8-7-14-6-4-3-5-9-17-10-11-18-12-13-19-15(14)16/h4,6-7,15H,3,5,8-13H2,1-2H3/b6-4+. The van der Waals surface area contributed by atoms with Gasteiger partial charge in [-0.2, -0.15) is 0 Å². The molecule has 0 bridgehead atoms. The Bertz CT molecular complexity index is 331. The summed E-state index contributed by atoms with van der Waals surface area (Å²) in [6, 6.07) is 0. The van der Waals surface area contributed by atoms with E-state index >= 15 is 0 Å². The molecule has 0 aromatic heterocycles. The predicted octanol–water partition coefficient (Wildman–Crippen LogP) is 3.11. The summed E-state index contributed by atoms with van der Waals surface area (Å²) in [5, 5.41) is 0. The summed E-state index contributed by atoms with van der Waals surface area (Å²) >= 11 is 0. The normalized spacial score (nSPS) is 31.1.